The normalized spacial score (nSPS) is 10.6. The average molecular weight is 297 g/mol. The fraction of sp³-hybridized carbons (Fsp3) is 0.250. The zero-order chi connectivity index (χ0) is 11.4. The van der Waals surface area contributed by atoms with Crippen LogP contribution in [0.4, 0.5) is 0 Å². The van der Waals surface area contributed by atoms with Gasteiger partial charge in [0, 0.05) is 22.7 Å². The third-order valence-corrected chi connectivity index (χ3v) is 3.68. The molecule has 0 saturated carbocycles. The van der Waals surface area contributed by atoms with Gasteiger partial charge in [0.1, 0.15) is 0 Å². The second-order valence-electron chi connectivity index (χ2n) is 3.58. The lowest BCUT2D eigenvalue weighted by Crippen LogP contribution is -2.02. The predicted octanol–water partition coefficient (Wildman–Crippen LogP) is 3.00. The number of hydrogen-bond acceptors (Lipinski definition) is 3. The van der Waals surface area contributed by atoms with Crippen LogP contribution >= 0.6 is 27.3 Å². The highest BCUT2D eigenvalue weighted by Crippen LogP contribution is 2.17. The van der Waals surface area contributed by atoms with E-state index in [2.05, 4.69) is 38.4 Å². The van der Waals surface area contributed by atoms with Crippen molar-refractivity contribution in [3.05, 3.63) is 50.4 Å². The van der Waals surface area contributed by atoms with E-state index in [1.54, 1.807) is 11.3 Å². The van der Waals surface area contributed by atoms with E-state index in [1.807, 2.05) is 12.1 Å². The molecule has 0 amide bonds. The first-order chi connectivity index (χ1) is 7.78. The summed E-state index contributed by atoms with van der Waals surface area (Å²) in [5.74, 6) is 0. The largest absolute Gasteiger partial charge is 0.330 e. The number of nitrogens with two attached hydrogens (primary N) is 1. The summed E-state index contributed by atoms with van der Waals surface area (Å²) >= 11 is 5.17. The highest BCUT2D eigenvalue weighted by molar-refractivity contribution is 9.10. The number of thiazole rings is 1. The number of nitrogens with zero attached hydrogens (tertiary/aromatic N) is 1. The van der Waals surface area contributed by atoms with Crippen LogP contribution in [0.1, 0.15) is 16.3 Å². The summed E-state index contributed by atoms with van der Waals surface area (Å²) in [6.45, 7) is 0.670. The SMILES string of the molecule is NCCc1nc(Cc2cccc(Br)c2)cs1. The van der Waals surface area contributed by atoms with Gasteiger partial charge in [-0.05, 0) is 24.2 Å². The predicted molar refractivity (Wildman–Crippen MR) is 71.8 cm³/mol. The van der Waals surface area contributed by atoms with Gasteiger partial charge < -0.3 is 5.73 Å². The molecule has 0 aliphatic carbocycles. The molecule has 0 aliphatic rings. The van der Waals surface area contributed by atoms with Gasteiger partial charge in [0.2, 0.25) is 0 Å². The summed E-state index contributed by atoms with van der Waals surface area (Å²) in [4.78, 5) is 4.55. The van der Waals surface area contributed by atoms with Crippen LogP contribution in [0.2, 0.25) is 0 Å². The zero-order valence-corrected chi connectivity index (χ0v) is 11.2. The lowest BCUT2D eigenvalue weighted by Gasteiger charge is -1.98. The Morgan fingerprint density at radius 2 is 2.25 bits per heavy atom. The molecule has 1 aromatic carbocycles. The Morgan fingerprint density at radius 1 is 1.38 bits per heavy atom. The van der Waals surface area contributed by atoms with Gasteiger partial charge in [-0.1, -0.05) is 28.1 Å². The maximum Gasteiger partial charge on any atom is 0.0940 e. The topological polar surface area (TPSA) is 38.9 Å². The first-order valence-corrected chi connectivity index (χ1v) is 6.83. The maximum atomic E-state index is 5.50. The number of halogens is 1. The van der Waals surface area contributed by atoms with E-state index in [4.69, 9.17) is 5.73 Å². The molecule has 2 N–H and O–H groups in total. The van der Waals surface area contributed by atoms with Crippen LogP contribution < -0.4 is 5.73 Å². The zero-order valence-electron chi connectivity index (χ0n) is 8.82. The van der Waals surface area contributed by atoms with Crippen molar-refractivity contribution in [3.8, 4) is 0 Å². The summed E-state index contributed by atoms with van der Waals surface area (Å²) in [5.41, 5.74) is 7.91. The molecule has 0 spiro atoms. The third kappa shape index (κ3) is 3.14. The van der Waals surface area contributed by atoms with Crippen molar-refractivity contribution in [2.45, 2.75) is 12.8 Å². The minimum Gasteiger partial charge on any atom is -0.330 e. The minimum absolute atomic E-state index is 0.670. The molecule has 0 atom stereocenters. The fourth-order valence-corrected chi connectivity index (χ4v) is 2.78. The monoisotopic (exact) mass is 296 g/mol. The van der Waals surface area contributed by atoms with Gasteiger partial charge in [-0.2, -0.15) is 0 Å². The van der Waals surface area contributed by atoms with Crippen LogP contribution in [0.25, 0.3) is 0 Å². The van der Waals surface area contributed by atoms with Gasteiger partial charge >= 0.3 is 0 Å². The van der Waals surface area contributed by atoms with Crippen LogP contribution in [-0.4, -0.2) is 11.5 Å². The van der Waals surface area contributed by atoms with Crippen LogP contribution in [-0.2, 0) is 12.8 Å². The fourth-order valence-electron chi connectivity index (χ4n) is 1.52. The number of hydrogen-bond donors (Lipinski definition) is 1. The van der Waals surface area contributed by atoms with Gasteiger partial charge in [-0.25, -0.2) is 4.98 Å². The second kappa shape index (κ2) is 5.57. The summed E-state index contributed by atoms with van der Waals surface area (Å²) in [5, 5.41) is 3.25. The van der Waals surface area contributed by atoms with Gasteiger partial charge in [0.25, 0.3) is 0 Å². The summed E-state index contributed by atoms with van der Waals surface area (Å²) in [6, 6.07) is 8.33. The van der Waals surface area contributed by atoms with Crippen molar-refractivity contribution in [1.29, 1.82) is 0 Å². The second-order valence-corrected chi connectivity index (χ2v) is 5.44. The molecule has 0 radical (unpaired) electrons. The third-order valence-electron chi connectivity index (χ3n) is 2.23. The van der Waals surface area contributed by atoms with Gasteiger partial charge in [0.15, 0.2) is 0 Å². The van der Waals surface area contributed by atoms with Gasteiger partial charge in [-0.15, -0.1) is 11.3 Å². The molecule has 4 heteroatoms. The molecule has 16 heavy (non-hydrogen) atoms. The van der Waals surface area contributed by atoms with E-state index < -0.39 is 0 Å². The number of rotatable bonds is 4. The Balaban J connectivity index is 2.08. The lowest BCUT2D eigenvalue weighted by atomic mass is 10.1. The standard InChI is InChI=1S/C12H13BrN2S/c13-10-3-1-2-9(6-10)7-11-8-16-12(15-11)4-5-14/h1-3,6,8H,4-5,7,14H2. The van der Waals surface area contributed by atoms with Crippen LogP contribution in [0.5, 0.6) is 0 Å². The van der Waals surface area contributed by atoms with Crippen molar-refractivity contribution in [2.75, 3.05) is 6.54 Å². The highest BCUT2D eigenvalue weighted by atomic mass is 79.9. The molecule has 0 bridgehead atoms. The first-order valence-electron chi connectivity index (χ1n) is 5.15. The molecule has 2 aromatic rings. The van der Waals surface area contributed by atoms with Crippen LogP contribution in [0, 0.1) is 0 Å². The molecule has 1 aromatic heterocycles. The van der Waals surface area contributed by atoms with Crippen molar-refractivity contribution < 1.29 is 0 Å². The Kier molecular flexibility index (Phi) is 4.09. The van der Waals surface area contributed by atoms with E-state index in [9.17, 15) is 0 Å². The van der Waals surface area contributed by atoms with E-state index >= 15 is 0 Å². The van der Waals surface area contributed by atoms with Crippen LogP contribution in [0.15, 0.2) is 34.1 Å². The molecule has 2 rings (SSSR count). The Labute approximate surface area is 108 Å². The van der Waals surface area contributed by atoms with E-state index in [0.29, 0.717) is 6.54 Å². The van der Waals surface area contributed by atoms with E-state index in [1.165, 1.54) is 5.56 Å². The van der Waals surface area contributed by atoms with E-state index in [-0.39, 0.29) is 0 Å². The molecule has 2 nitrogen and oxygen atoms in total. The summed E-state index contributed by atoms with van der Waals surface area (Å²) in [6.07, 6.45) is 1.77. The van der Waals surface area contributed by atoms with Crippen molar-refractivity contribution in [3.63, 3.8) is 0 Å². The Hall–Kier alpha value is -0.710. The van der Waals surface area contributed by atoms with Crippen LogP contribution in [0.3, 0.4) is 0 Å². The molecule has 0 fully saturated rings. The average Bonchev–Trinajstić information content (AvgIpc) is 2.66. The molecule has 84 valence electrons. The minimum atomic E-state index is 0.670. The summed E-state index contributed by atoms with van der Waals surface area (Å²) in [7, 11) is 0. The van der Waals surface area contributed by atoms with Crippen molar-refractivity contribution in [2.24, 2.45) is 5.73 Å². The quantitative estimate of drug-likeness (QED) is 0.942. The van der Waals surface area contributed by atoms with Crippen molar-refractivity contribution in [1.82, 2.24) is 4.98 Å². The number of aromatic nitrogens is 1. The lowest BCUT2D eigenvalue weighted by molar-refractivity contribution is 0.936. The Bertz CT molecular complexity index is 468. The van der Waals surface area contributed by atoms with Crippen molar-refractivity contribution >= 4 is 27.3 Å². The molecular formula is C12H13BrN2S. The van der Waals surface area contributed by atoms with Gasteiger partial charge in [0.05, 0.1) is 10.7 Å². The summed E-state index contributed by atoms with van der Waals surface area (Å²) < 4.78 is 1.11. The molecule has 0 unspecified atom stereocenters. The molecule has 0 aliphatic heterocycles. The maximum absolute atomic E-state index is 5.50. The number of benzene rings is 1. The van der Waals surface area contributed by atoms with E-state index in [0.717, 1.165) is 28.0 Å². The highest BCUT2D eigenvalue weighted by Gasteiger charge is 2.02. The first kappa shape index (κ1) is 11.8. The molecular weight excluding hydrogens is 284 g/mol. The Morgan fingerprint density at radius 3 is 3.00 bits per heavy atom. The smallest absolute Gasteiger partial charge is 0.0940 e. The molecule has 0 saturated heterocycles. The molecule has 1 heterocycles. The van der Waals surface area contributed by atoms with Gasteiger partial charge in [-0.3, -0.25) is 0 Å².